The summed E-state index contributed by atoms with van der Waals surface area (Å²) in [5, 5.41) is 44.6. The van der Waals surface area contributed by atoms with Crippen molar-refractivity contribution in [2.45, 2.75) is 19.1 Å². The second-order valence-corrected chi connectivity index (χ2v) is 8.26. The summed E-state index contributed by atoms with van der Waals surface area (Å²) >= 11 is 0. The summed E-state index contributed by atoms with van der Waals surface area (Å²) in [5.74, 6) is -3.44. The molecule has 12 heteroatoms. The van der Waals surface area contributed by atoms with Crippen molar-refractivity contribution >= 4 is 29.3 Å². The van der Waals surface area contributed by atoms with E-state index in [-0.39, 0.29) is 23.4 Å². The van der Waals surface area contributed by atoms with Crippen LogP contribution in [0, 0.1) is 0 Å². The maximum atomic E-state index is 12.4. The van der Waals surface area contributed by atoms with Gasteiger partial charge in [0.1, 0.15) is 6.04 Å². The summed E-state index contributed by atoms with van der Waals surface area (Å²) in [6.45, 7) is 0.983. The number of hydroxylamine groups is 1. The number of amides is 4. The molecule has 0 bridgehead atoms. The Hall–Kier alpha value is -4.94. The van der Waals surface area contributed by atoms with E-state index in [2.05, 4.69) is 16.0 Å². The molecule has 8 N–H and O–H groups in total. The minimum atomic E-state index is -1.33. The highest BCUT2D eigenvalue weighted by atomic mass is 16.5. The van der Waals surface area contributed by atoms with Crippen molar-refractivity contribution in [2.24, 2.45) is 0 Å². The number of carbonyl (C=O) groups is 4. The van der Waals surface area contributed by atoms with Crippen molar-refractivity contribution in [3.8, 4) is 22.6 Å². The van der Waals surface area contributed by atoms with Crippen molar-refractivity contribution in [1.82, 2.24) is 16.1 Å². The van der Waals surface area contributed by atoms with Gasteiger partial charge in [-0.3, -0.25) is 24.4 Å². The molecular weight excluding hydrogens is 496 g/mol. The number of aliphatic hydroxyl groups is 1. The van der Waals surface area contributed by atoms with Gasteiger partial charge in [0.15, 0.2) is 11.5 Å². The topological polar surface area (TPSA) is 197 Å². The summed E-state index contributed by atoms with van der Waals surface area (Å²) in [6, 6.07) is 15.5. The van der Waals surface area contributed by atoms with Crippen molar-refractivity contribution in [3.05, 3.63) is 77.9 Å². The number of carbonyl (C=O) groups excluding carboxylic acids is 4. The molecule has 0 heterocycles. The first-order valence-corrected chi connectivity index (χ1v) is 11.3. The zero-order valence-corrected chi connectivity index (χ0v) is 20.1. The molecule has 198 valence electrons. The number of benzene rings is 3. The lowest BCUT2D eigenvalue weighted by Gasteiger charge is -2.19. The van der Waals surface area contributed by atoms with Crippen molar-refractivity contribution in [2.75, 3.05) is 11.9 Å². The molecule has 38 heavy (non-hydrogen) atoms. The standard InChI is InChI=1S/C26H26N4O8/c1-14(31)23(26(37)30-38)29-25(36)17-4-2-15(3-5-17)16-6-9-19(10-7-16)28-22(34)13-27-24(35)18-8-11-20(32)21(33)12-18/h2-12,14,23,31-33,38H,13H2,1H3,(H,27,35)(H,28,34)(H,29,36)(H,30,37)/t14-,23+/m1/s1. The lowest BCUT2D eigenvalue weighted by atomic mass is 10.0. The largest absolute Gasteiger partial charge is 0.504 e. The van der Waals surface area contributed by atoms with E-state index in [1.807, 2.05) is 0 Å². The van der Waals surface area contributed by atoms with Gasteiger partial charge in [0.05, 0.1) is 12.6 Å². The van der Waals surface area contributed by atoms with E-state index >= 15 is 0 Å². The Morgan fingerprint density at radius 3 is 1.92 bits per heavy atom. The van der Waals surface area contributed by atoms with Gasteiger partial charge in [0, 0.05) is 16.8 Å². The number of nitrogens with one attached hydrogen (secondary N) is 4. The average molecular weight is 523 g/mol. The van der Waals surface area contributed by atoms with Crippen LogP contribution < -0.4 is 21.4 Å². The second-order valence-electron chi connectivity index (χ2n) is 8.26. The minimum Gasteiger partial charge on any atom is -0.504 e. The van der Waals surface area contributed by atoms with Crippen LogP contribution in [0.15, 0.2) is 66.7 Å². The Bertz CT molecular complexity index is 1320. The van der Waals surface area contributed by atoms with Gasteiger partial charge in [0.2, 0.25) is 5.91 Å². The van der Waals surface area contributed by atoms with Gasteiger partial charge in [0.25, 0.3) is 17.7 Å². The molecule has 0 spiro atoms. The van der Waals surface area contributed by atoms with Gasteiger partial charge in [-0.1, -0.05) is 24.3 Å². The van der Waals surface area contributed by atoms with Crippen LogP contribution in [0.3, 0.4) is 0 Å². The van der Waals surface area contributed by atoms with Crippen LogP contribution in [0.4, 0.5) is 5.69 Å². The quantitative estimate of drug-likeness (QED) is 0.116. The molecule has 0 unspecified atom stereocenters. The SMILES string of the molecule is C[C@@H](O)[C@H](NC(=O)c1ccc(-c2ccc(NC(=O)CNC(=O)c3ccc(O)c(O)c3)cc2)cc1)C(=O)NO. The molecule has 12 nitrogen and oxygen atoms in total. The summed E-state index contributed by atoms with van der Waals surface area (Å²) in [4.78, 5) is 48.3. The fourth-order valence-corrected chi connectivity index (χ4v) is 3.39. The molecule has 0 aliphatic heterocycles. The third kappa shape index (κ3) is 7.06. The van der Waals surface area contributed by atoms with E-state index in [0.29, 0.717) is 5.69 Å². The second kappa shape index (κ2) is 12.3. The molecule has 4 amide bonds. The Morgan fingerprint density at radius 1 is 0.789 bits per heavy atom. The summed E-state index contributed by atoms with van der Waals surface area (Å²) in [6.07, 6.45) is -1.23. The summed E-state index contributed by atoms with van der Waals surface area (Å²) in [7, 11) is 0. The number of hydrogen-bond acceptors (Lipinski definition) is 8. The molecule has 0 saturated heterocycles. The first-order chi connectivity index (χ1) is 18.1. The number of aliphatic hydroxyl groups excluding tert-OH is 1. The fourth-order valence-electron chi connectivity index (χ4n) is 3.39. The third-order valence-corrected chi connectivity index (χ3v) is 5.46. The Labute approximate surface area is 216 Å². The van der Waals surface area contributed by atoms with Crippen molar-refractivity contribution < 1.29 is 39.7 Å². The van der Waals surface area contributed by atoms with Gasteiger partial charge in [-0.15, -0.1) is 0 Å². The molecular formula is C26H26N4O8. The third-order valence-electron chi connectivity index (χ3n) is 5.46. The minimum absolute atomic E-state index is 0.0828. The number of hydrogen-bond donors (Lipinski definition) is 8. The number of aromatic hydroxyl groups is 2. The fraction of sp³-hybridized carbons (Fsp3) is 0.154. The molecule has 2 atom stereocenters. The summed E-state index contributed by atoms with van der Waals surface area (Å²) in [5.41, 5.74) is 3.76. The van der Waals surface area contributed by atoms with Crippen LogP contribution in [0.5, 0.6) is 11.5 Å². The predicted molar refractivity (Wildman–Crippen MR) is 135 cm³/mol. The molecule has 0 fully saturated rings. The first-order valence-electron chi connectivity index (χ1n) is 11.3. The van der Waals surface area contributed by atoms with E-state index in [0.717, 1.165) is 17.2 Å². The smallest absolute Gasteiger partial charge is 0.268 e. The lowest BCUT2D eigenvalue weighted by Crippen LogP contribution is -2.51. The van der Waals surface area contributed by atoms with Crippen LogP contribution in [0.2, 0.25) is 0 Å². The molecule has 0 aliphatic carbocycles. The number of phenols is 2. The van der Waals surface area contributed by atoms with Crippen molar-refractivity contribution in [1.29, 1.82) is 0 Å². The van der Waals surface area contributed by atoms with Crippen molar-refractivity contribution in [3.63, 3.8) is 0 Å². The number of phenolic OH excluding ortho intramolecular Hbond substituents is 2. The Balaban J connectivity index is 1.55. The van der Waals surface area contributed by atoms with Gasteiger partial charge in [-0.25, -0.2) is 5.48 Å². The highest BCUT2D eigenvalue weighted by molar-refractivity contribution is 6.00. The predicted octanol–water partition coefficient (Wildman–Crippen LogP) is 1.12. The van der Waals surface area contributed by atoms with Gasteiger partial charge in [-0.05, 0) is 60.5 Å². The van der Waals surface area contributed by atoms with Gasteiger partial charge >= 0.3 is 0 Å². The molecule has 0 radical (unpaired) electrons. The number of rotatable bonds is 9. The van der Waals surface area contributed by atoms with Crippen LogP contribution in [0.1, 0.15) is 27.6 Å². The van der Waals surface area contributed by atoms with E-state index < -0.39 is 41.5 Å². The van der Waals surface area contributed by atoms with Crippen LogP contribution >= 0.6 is 0 Å². The molecule has 3 rings (SSSR count). The summed E-state index contributed by atoms with van der Waals surface area (Å²) < 4.78 is 0. The lowest BCUT2D eigenvalue weighted by molar-refractivity contribution is -0.133. The zero-order chi connectivity index (χ0) is 27.8. The molecule has 3 aromatic carbocycles. The van der Waals surface area contributed by atoms with E-state index in [9.17, 15) is 34.5 Å². The van der Waals surface area contributed by atoms with E-state index in [1.165, 1.54) is 36.7 Å². The van der Waals surface area contributed by atoms with Crippen LogP contribution in [0.25, 0.3) is 11.1 Å². The molecule has 0 aliphatic rings. The monoisotopic (exact) mass is 522 g/mol. The van der Waals surface area contributed by atoms with Gasteiger partial charge < -0.3 is 31.3 Å². The van der Waals surface area contributed by atoms with E-state index in [1.54, 1.807) is 36.4 Å². The molecule has 0 saturated carbocycles. The zero-order valence-electron chi connectivity index (χ0n) is 20.1. The normalized spacial score (nSPS) is 12.1. The maximum absolute atomic E-state index is 12.4. The van der Waals surface area contributed by atoms with Gasteiger partial charge in [-0.2, -0.15) is 0 Å². The Kier molecular flexibility index (Phi) is 8.98. The number of anilines is 1. The highest BCUT2D eigenvalue weighted by Crippen LogP contribution is 2.25. The molecule has 3 aromatic rings. The molecule has 0 aromatic heterocycles. The highest BCUT2D eigenvalue weighted by Gasteiger charge is 2.25. The van der Waals surface area contributed by atoms with Crippen LogP contribution in [-0.4, -0.2) is 62.8 Å². The maximum Gasteiger partial charge on any atom is 0.268 e. The van der Waals surface area contributed by atoms with E-state index in [4.69, 9.17) is 5.21 Å². The van der Waals surface area contributed by atoms with Crippen LogP contribution in [-0.2, 0) is 9.59 Å². The average Bonchev–Trinajstić information content (AvgIpc) is 2.91. The Morgan fingerprint density at radius 2 is 1.37 bits per heavy atom. The first kappa shape index (κ1) is 27.6.